The lowest BCUT2D eigenvalue weighted by atomic mass is 10.1. The average molecular weight is 223 g/mol. The average Bonchev–Trinajstić information content (AvgIpc) is 2.30. The van der Waals surface area contributed by atoms with Crippen molar-refractivity contribution in [2.24, 2.45) is 5.92 Å². The highest BCUT2D eigenvalue weighted by Gasteiger charge is 2.29. The molecule has 0 aliphatic heterocycles. The Labute approximate surface area is 85.0 Å². The summed E-state index contributed by atoms with van der Waals surface area (Å²) in [6.07, 6.45) is -2.70. The molecule has 0 spiro atoms. The Morgan fingerprint density at radius 2 is 2.07 bits per heavy atom. The highest BCUT2D eigenvalue weighted by Crippen LogP contribution is 2.25. The Kier molecular flexibility index (Phi) is 3.53. The van der Waals surface area contributed by atoms with Crippen molar-refractivity contribution in [3.05, 3.63) is 16.1 Å². The predicted molar refractivity (Wildman–Crippen MR) is 50.4 cm³/mol. The Morgan fingerprint density at radius 3 is 2.57 bits per heavy atom. The summed E-state index contributed by atoms with van der Waals surface area (Å²) in [4.78, 5) is 4.68. The molecular formula is C9H12F3NS. The molecule has 0 saturated carbocycles. The molecule has 5 heteroatoms. The van der Waals surface area contributed by atoms with Crippen LogP contribution in [0.5, 0.6) is 0 Å². The van der Waals surface area contributed by atoms with Crippen molar-refractivity contribution in [3.8, 4) is 0 Å². The zero-order valence-electron chi connectivity index (χ0n) is 8.06. The van der Waals surface area contributed by atoms with E-state index >= 15 is 0 Å². The van der Waals surface area contributed by atoms with E-state index in [0.717, 1.165) is 22.6 Å². The van der Waals surface area contributed by atoms with Gasteiger partial charge < -0.3 is 0 Å². The number of halogens is 3. The molecule has 1 rings (SSSR count). The third-order valence-electron chi connectivity index (χ3n) is 1.56. The minimum absolute atomic E-state index is 0.160. The van der Waals surface area contributed by atoms with Crippen LogP contribution in [0.3, 0.4) is 0 Å². The second-order valence-electron chi connectivity index (χ2n) is 3.61. The molecule has 14 heavy (non-hydrogen) atoms. The van der Waals surface area contributed by atoms with E-state index in [1.165, 1.54) is 0 Å². The minimum atomic E-state index is -4.15. The number of nitrogens with zero attached hydrogens (tertiary/aromatic N) is 1. The van der Waals surface area contributed by atoms with Crippen LogP contribution in [-0.2, 0) is 12.8 Å². The van der Waals surface area contributed by atoms with Gasteiger partial charge in [0.1, 0.15) is 5.01 Å². The number of rotatable bonds is 3. The lowest BCUT2D eigenvalue weighted by molar-refractivity contribution is -0.127. The summed E-state index contributed by atoms with van der Waals surface area (Å²) in [5.41, 5.74) is 0. The molecule has 80 valence electrons. The first-order valence-corrected chi connectivity index (χ1v) is 5.19. The molecule has 0 atom stereocenters. The molecule has 1 heterocycles. The second kappa shape index (κ2) is 4.29. The largest absolute Gasteiger partial charge is 0.395 e. The van der Waals surface area contributed by atoms with Crippen LogP contribution < -0.4 is 0 Å². The van der Waals surface area contributed by atoms with Crippen molar-refractivity contribution in [2.75, 3.05) is 0 Å². The van der Waals surface area contributed by atoms with Gasteiger partial charge in [-0.2, -0.15) is 13.2 Å². The molecule has 0 fully saturated rings. The van der Waals surface area contributed by atoms with Gasteiger partial charge in [-0.15, -0.1) is 11.3 Å². The van der Waals surface area contributed by atoms with Crippen LogP contribution in [0.4, 0.5) is 13.2 Å². The Bertz CT molecular complexity index is 290. The number of hydrogen-bond donors (Lipinski definition) is 0. The summed E-state index contributed by atoms with van der Waals surface area (Å²) in [5.74, 6) is 0.453. The molecule has 0 bridgehead atoms. The van der Waals surface area contributed by atoms with E-state index in [-0.39, 0.29) is 5.01 Å². The smallest absolute Gasteiger partial charge is 0.249 e. The van der Waals surface area contributed by atoms with Crippen LogP contribution in [0.15, 0.2) is 6.20 Å². The summed E-state index contributed by atoms with van der Waals surface area (Å²) >= 11 is 1.16. The van der Waals surface area contributed by atoms with Crippen molar-refractivity contribution in [1.29, 1.82) is 0 Å². The number of hydrogen-bond acceptors (Lipinski definition) is 2. The lowest BCUT2D eigenvalue weighted by Crippen LogP contribution is -2.10. The fourth-order valence-corrected chi connectivity index (χ4v) is 2.26. The van der Waals surface area contributed by atoms with Crippen LogP contribution in [0.25, 0.3) is 0 Å². The van der Waals surface area contributed by atoms with E-state index in [9.17, 15) is 13.2 Å². The summed E-state index contributed by atoms with van der Waals surface area (Å²) in [7, 11) is 0. The van der Waals surface area contributed by atoms with Gasteiger partial charge >= 0.3 is 6.18 Å². The fourth-order valence-electron chi connectivity index (χ4n) is 1.10. The van der Waals surface area contributed by atoms with E-state index in [1.807, 2.05) is 13.8 Å². The standard InChI is InChI=1S/C9H12F3NS/c1-6(2)3-7-5-13-8(14-7)4-9(10,11)12/h5-6H,3-4H2,1-2H3. The van der Waals surface area contributed by atoms with E-state index in [0.29, 0.717) is 5.92 Å². The normalized spacial score (nSPS) is 12.4. The Balaban J connectivity index is 2.60. The molecule has 1 nitrogen and oxygen atoms in total. The molecule has 0 radical (unpaired) electrons. The van der Waals surface area contributed by atoms with Crippen molar-refractivity contribution in [3.63, 3.8) is 0 Å². The van der Waals surface area contributed by atoms with Crippen molar-refractivity contribution in [2.45, 2.75) is 32.9 Å². The predicted octanol–water partition coefficient (Wildman–Crippen LogP) is 3.45. The van der Waals surface area contributed by atoms with E-state index in [1.54, 1.807) is 6.20 Å². The van der Waals surface area contributed by atoms with Gasteiger partial charge in [0.05, 0.1) is 6.42 Å². The molecule has 0 unspecified atom stereocenters. The molecule has 1 aromatic heterocycles. The lowest BCUT2D eigenvalue weighted by Gasteiger charge is -2.02. The van der Waals surface area contributed by atoms with E-state index in [4.69, 9.17) is 0 Å². The first kappa shape index (κ1) is 11.5. The van der Waals surface area contributed by atoms with Gasteiger partial charge in [0.2, 0.25) is 0 Å². The van der Waals surface area contributed by atoms with Crippen molar-refractivity contribution < 1.29 is 13.2 Å². The van der Waals surface area contributed by atoms with Crippen LogP contribution in [-0.4, -0.2) is 11.2 Å². The zero-order valence-corrected chi connectivity index (χ0v) is 8.87. The number of aromatic nitrogens is 1. The number of alkyl halides is 3. The molecule has 0 aliphatic rings. The van der Waals surface area contributed by atoms with Crippen LogP contribution >= 0.6 is 11.3 Å². The van der Waals surface area contributed by atoms with Gasteiger partial charge in [0, 0.05) is 11.1 Å². The van der Waals surface area contributed by atoms with Gasteiger partial charge in [-0.1, -0.05) is 13.8 Å². The maximum absolute atomic E-state index is 12.0. The van der Waals surface area contributed by atoms with Gasteiger partial charge in [-0.05, 0) is 12.3 Å². The summed E-state index contributed by atoms with van der Waals surface area (Å²) < 4.78 is 35.9. The Morgan fingerprint density at radius 1 is 1.43 bits per heavy atom. The fraction of sp³-hybridized carbons (Fsp3) is 0.667. The molecule has 0 aliphatic carbocycles. The van der Waals surface area contributed by atoms with Crippen molar-refractivity contribution in [1.82, 2.24) is 4.98 Å². The van der Waals surface area contributed by atoms with Crippen LogP contribution in [0, 0.1) is 5.92 Å². The molecular weight excluding hydrogens is 211 g/mol. The van der Waals surface area contributed by atoms with Gasteiger partial charge in [0.25, 0.3) is 0 Å². The first-order valence-electron chi connectivity index (χ1n) is 4.37. The maximum Gasteiger partial charge on any atom is 0.395 e. The SMILES string of the molecule is CC(C)Cc1cnc(CC(F)(F)F)s1. The molecule has 0 N–H and O–H groups in total. The Hall–Kier alpha value is -0.580. The van der Waals surface area contributed by atoms with Gasteiger partial charge in [-0.3, -0.25) is 0 Å². The third kappa shape index (κ3) is 4.09. The summed E-state index contributed by atoms with van der Waals surface area (Å²) in [6, 6.07) is 0. The van der Waals surface area contributed by atoms with Crippen molar-refractivity contribution >= 4 is 11.3 Å². The molecule has 0 saturated heterocycles. The molecule has 1 aromatic rings. The van der Waals surface area contributed by atoms with Gasteiger partial charge in [0.15, 0.2) is 0 Å². The molecule has 0 amide bonds. The monoisotopic (exact) mass is 223 g/mol. The summed E-state index contributed by atoms with van der Waals surface area (Å²) in [5, 5.41) is 0.160. The second-order valence-corrected chi connectivity index (χ2v) is 4.81. The highest BCUT2D eigenvalue weighted by molar-refractivity contribution is 7.11. The summed E-state index contributed by atoms with van der Waals surface area (Å²) in [6.45, 7) is 4.06. The maximum atomic E-state index is 12.0. The quantitative estimate of drug-likeness (QED) is 0.764. The van der Waals surface area contributed by atoms with E-state index < -0.39 is 12.6 Å². The van der Waals surface area contributed by atoms with Crippen LogP contribution in [0.2, 0.25) is 0 Å². The topological polar surface area (TPSA) is 12.9 Å². The highest BCUT2D eigenvalue weighted by atomic mass is 32.1. The van der Waals surface area contributed by atoms with Gasteiger partial charge in [-0.25, -0.2) is 4.98 Å². The van der Waals surface area contributed by atoms with E-state index in [2.05, 4.69) is 4.98 Å². The third-order valence-corrected chi connectivity index (χ3v) is 2.58. The zero-order chi connectivity index (χ0) is 10.8. The number of thiazole rings is 1. The molecule has 0 aromatic carbocycles. The minimum Gasteiger partial charge on any atom is -0.249 e. The van der Waals surface area contributed by atoms with Crippen LogP contribution in [0.1, 0.15) is 23.7 Å². The first-order chi connectivity index (χ1) is 6.37.